The fourth-order valence-electron chi connectivity index (χ4n) is 2.93. The number of aromatic nitrogens is 1. The van der Waals surface area contributed by atoms with Crippen LogP contribution in [0.5, 0.6) is 0 Å². The summed E-state index contributed by atoms with van der Waals surface area (Å²) in [7, 11) is 0. The second-order valence-corrected chi connectivity index (χ2v) is 5.70. The standard InChI is InChI=1S/C14H19NO2/c1-9(2)13(4)11-10(3)5-6-15-12(11)14(17-13)7-16-8-14/h5-6,9H,7-8H2,1-4H3. The summed E-state index contributed by atoms with van der Waals surface area (Å²) in [5, 5.41) is 0. The minimum absolute atomic E-state index is 0.239. The van der Waals surface area contributed by atoms with Crippen molar-refractivity contribution in [2.75, 3.05) is 13.2 Å². The van der Waals surface area contributed by atoms with Gasteiger partial charge in [-0.15, -0.1) is 0 Å². The van der Waals surface area contributed by atoms with Crippen molar-refractivity contribution in [1.82, 2.24) is 4.98 Å². The first kappa shape index (κ1) is 11.2. The lowest BCUT2D eigenvalue weighted by Gasteiger charge is -2.40. The van der Waals surface area contributed by atoms with Gasteiger partial charge in [0.25, 0.3) is 0 Å². The van der Waals surface area contributed by atoms with Crippen LogP contribution in [-0.2, 0) is 20.7 Å². The highest BCUT2D eigenvalue weighted by Crippen LogP contribution is 2.53. The maximum atomic E-state index is 6.40. The summed E-state index contributed by atoms with van der Waals surface area (Å²) in [6.07, 6.45) is 1.88. The molecule has 3 nitrogen and oxygen atoms in total. The topological polar surface area (TPSA) is 31.4 Å². The lowest BCUT2D eigenvalue weighted by Crippen LogP contribution is -2.49. The molecule has 1 aromatic rings. The number of nitrogens with zero attached hydrogens (tertiary/aromatic N) is 1. The highest BCUT2D eigenvalue weighted by atomic mass is 16.6. The zero-order chi connectivity index (χ0) is 12.3. The van der Waals surface area contributed by atoms with Gasteiger partial charge in [-0.3, -0.25) is 4.98 Å². The quantitative estimate of drug-likeness (QED) is 0.747. The van der Waals surface area contributed by atoms with E-state index in [0.717, 1.165) is 5.69 Å². The molecule has 1 aromatic heterocycles. The van der Waals surface area contributed by atoms with E-state index in [4.69, 9.17) is 9.47 Å². The monoisotopic (exact) mass is 233 g/mol. The van der Waals surface area contributed by atoms with Gasteiger partial charge in [-0.05, 0) is 31.4 Å². The largest absolute Gasteiger partial charge is 0.374 e. The third kappa shape index (κ3) is 1.27. The maximum absolute atomic E-state index is 6.40. The number of fused-ring (bicyclic) bond motifs is 2. The van der Waals surface area contributed by atoms with Gasteiger partial charge in [-0.1, -0.05) is 13.8 Å². The van der Waals surface area contributed by atoms with Crippen LogP contribution in [0.1, 0.15) is 37.6 Å². The average Bonchev–Trinajstić information content (AvgIpc) is 2.51. The third-order valence-corrected chi connectivity index (χ3v) is 4.27. The number of ether oxygens (including phenoxy) is 2. The normalized spacial score (nSPS) is 29.5. The molecule has 1 spiro atoms. The number of hydrogen-bond donors (Lipinski definition) is 0. The molecule has 2 aliphatic rings. The van der Waals surface area contributed by atoms with Crippen LogP contribution < -0.4 is 0 Å². The van der Waals surface area contributed by atoms with Crippen LogP contribution in [0, 0.1) is 12.8 Å². The highest BCUT2D eigenvalue weighted by molar-refractivity contribution is 5.43. The van der Waals surface area contributed by atoms with Crippen LogP contribution in [0.25, 0.3) is 0 Å². The second kappa shape index (κ2) is 3.30. The summed E-state index contributed by atoms with van der Waals surface area (Å²) in [6.45, 7) is 10.0. The molecular weight excluding hydrogens is 214 g/mol. The second-order valence-electron chi connectivity index (χ2n) is 5.70. The molecule has 0 amide bonds. The summed E-state index contributed by atoms with van der Waals surface area (Å²) in [4.78, 5) is 4.57. The molecule has 1 unspecified atom stereocenters. The maximum Gasteiger partial charge on any atom is 0.158 e. The smallest absolute Gasteiger partial charge is 0.158 e. The Morgan fingerprint density at radius 2 is 2.06 bits per heavy atom. The van der Waals surface area contributed by atoms with E-state index < -0.39 is 0 Å². The minimum atomic E-state index is -0.277. The van der Waals surface area contributed by atoms with Crippen molar-refractivity contribution in [2.45, 2.75) is 38.9 Å². The molecule has 0 saturated carbocycles. The zero-order valence-corrected chi connectivity index (χ0v) is 10.9. The molecule has 0 bridgehead atoms. The van der Waals surface area contributed by atoms with Gasteiger partial charge in [0.1, 0.15) is 0 Å². The van der Waals surface area contributed by atoms with Crippen LogP contribution in [0.2, 0.25) is 0 Å². The number of pyridine rings is 1. The summed E-state index contributed by atoms with van der Waals surface area (Å²) < 4.78 is 11.8. The molecule has 3 rings (SSSR count). The van der Waals surface area contributed by atoms with Gasteiger partial charge in [-0.25, -0.2) is 0 Å². The molecule has 1 atom stereocenters. The van der Waals surface area contributed by atoms with Gasteiger partial charge in [0.15, 0.2) is 5.60 Å². The van der Waals surface area contributed by atoms with Crippen molar-refractivity contribution in [3.05, 3.63) is 29.1 Å². The molecular formula is C14H19NO2. The Labute approximate surface area is 102 Å². The van der Waals surface area contributed by atoms with E-state index >= 15 is 0 Å². The van der Waals surface area contributed by atoms with Crippen molar-refractivity contribution >= 4 is 0 Å². The Kier molecular flexibility index (Phi) is 2.17. The van der Waals surface area contributed by atoms with E-state index in [0.29, 0.717) is 19.1 Å². The van der Waals surface area contributed by atoms with Gasteiger partial charge in [0.2, 0.25) is 0 Å². The number of aryl methyl sites for hydroxylation is 1. The molecule has 3 heteroatoms. The van der Waals surface area contributed by atoms with E-state index in [1.165, 1.54) is 11.1 Å². The molecule has 0 aromatic carbocycles. The van der Waals surface area contributed by atoms with E-state index in [-0.39, 0.29) is 11.2 Å². The summed E-state index contributed by atoms with van der Waals surface area (Å²) in [5.41, 5.74) is 3.13. The minimum Gasteiger partial charge on any atom is -0.374 e. The molecule has 1 saturated heterocycles. The van der Waals surface area contributed by atoms with Crippen LogP contribution in [-0.4, -0.2) is 18.2 Å². The van der Waals surface area contributed by atoms with Crippen LogP contribution in [0.3, 0.4) is 0 Å². The first-order valence-electron chi connectivity index (χ1n) is 6.24. The van der Waals surface area contributed by atoms with Gasteiger partial charge >= 0.3 is 0 Å². The van der Waals surface area contributed by atoms with E-state index in [1.54, 1.807) is 0 Å². The fourth-order valence-corrected chi connectivity index (χ4v) is 2.93. The van der Waals surface area contributed by atoms with Gasteiger partial charge in [0, 0.05) is 11.8 Å². The van der Waals surface area contributed by atoms with Crippen molar-refractivity contribution in [3.8, 4) is 0 Å². The molecule has 2 aliphatic heterocycles. The SMILES string of the molecule is Cc1ccnc2c1C(C)(C(C)C)OC21COC1. The van der Waals surface area contributed by atoms with Gasteiger partial charge in [-0.2, -0.15) is 0 Å². The lowest BCUT2D eigenvalue weighted by molar-refractivity contribution is -0.261. The van der Waals surface area contributed by atoms with Crippen LogP contribution in [0.15, 0.2) is 12.3 Å². The highest BCUT2D eigenvalue weighted by Gasteiger charge is 2.58. The fraction of sp³-hybridized carbons (Fsp3) is 0.643. The van der Waals surface area contributed by atoms with Crippen molar-refractivity contribution in [3.63, 3.8) is 0 Å². The van der Waals surface area contributed by atoms with Crippen molar-refractivity contribution in [2.24, 2.45) is 5.92 Å². The molecule has 92 valence electrons. The Morgan fingerprint density at radius 3 is 2.59 bits per heavy atom. The van der Waals surface area contributed by atoms with E-state index in [1.807, 2.05) is 6.20 Å². The van der Waals surface area contributed by atoms with E-state index in [2.05, 4.69) is 38.7 Å². The van der Waals surface area contributed by atoms with Gasteiger partial charge in [0.05, 0.1) is 24.5 Å². The Balaban J connectivity index is 2.22. The Bertz CT molecular complexity index is 465. The van der Waals surface area contributed by atoms with Crippen molar-refractivity contribution in [1.29, 1.82) is 0 Å². The lowest BCUT2D eigenvalue weighted by atomic mass is 9.82. The number of hydrogen-bond acceptors (Lipinski definition) is 3. The molecule has 0 radical (unpaired) electrons. The summed E-state index contributed by atoms with van der Waals surface area (Å²) in [6, 6.07) is 2.07. The molecule has 1 fully saturated rings. The first-order chi connectivity index (χ1) is 8.00. The molecule has 3 heterocycles. The Hall–Kier alpha value is -0.930. The first-order valence-corrected chi connectivity index (χ1v) is 6.24. The predicted octanol–water partition coefficient (Wildman–Crippen LogP) is 2.52. The average molecular weight is 233 g/mol. The molecule has 0 N–H and O–H groups in total. The zero-order valence-electron chi connectivity index (χ0n) is 10.9. The molecule has 17 heavy (non-hydrogen) atoms. The third-order valence-electron chi connectivity index (χ3n) is 4.27. The molecule has 0 aliphatic carbocycles. The van der Waals surface area contributed by atoms with E-state index in [9.17, 15) is 0 Å². The van der Waals surface area contributed by atoms with Crippen LogP contribution in [0.4, 0.5) is 0 Å². The Morgan fingerprint density at radius 1 is 1.35 bits per heavy atom. The number of rotatable bonds is 1. The van der Waals surface area contributed by atoms with Gasteiger partial charge < -0.3 is 9.47 Å². The summed E-state index contributed by atoms with van der Waals surface area (Å²) in [5.74, 6) is 0.420. The predicted molar refractivity (Wildman–Crippen MR) is 64.7 cm³/mol. The summed E-state index contributed by atoms with van der Waals surface area (Å²) >= 11 is 0. The van der Waals surface area contributed by atoms with Crippen molar-refractivity contribution < 1.29 is 9.47 Å². The van der Waals surface area contributed by atoms with Crippen LogP contribution >= 0.6 is 0 Å².